The highest BCUT2D eigenvalue weighted by molar-refractivity contribution is 6.31. The number of aromatic carboxylic acids is 1. The molecular weight excluding hydrogens is 236 g/mol. The summed E-state index contributed by atoms with van der Waals surface area (Å²) in [5.41, 5.74) is 0.355. The Bertz CT molecular complexity index is 406. The van der Waals surface area contributed by atoms with E-state index in [0.29, 0.717) is 25.5 Å². The maximum absolute atomic E-state index is 10.7. The molecule has 0 saturated carbocycles. The van der Waals surface area contributed by atoms with E-state index in [1.165, 1.54) is 6.20 Å². The number of nitrogens with zero attached hydrogens (tertiary/aromatic N) is 2. The highest BCUT2D eigenvalue weighted by atomic mass is 35.5. The fourth-order valence-electron chi connectivity index (χ4n) is 1.35. The zero-order valence-electron chi connectivity index (χ0n) is 8.22. The number of hydrogen-bond donors (Lipinski definition) is 1. The van der Waals surface area contributed by atoms with Crippen molar-refractivity contribution in [1.82, 2.24) is 9.97 Å². The molecule has 0 amide bonds. The predicted octanol–water partition coefficient (Wildman–Crippen LogP) is 0.916. The lowest BCUT2D eigenvalue weighted by molar-refractivity contribution is -0.0918. The number of carboxylic acid groups (broad SMARTS) is 1. The lowest BCUT2D eigenvalue weighted by Gasteiger charge is -2.22. The van der Waals surface area contributed by atoms with Crippen LogP contribution < -0.4 is 0 Å². The lowest BCUT2D eigenvalue weighted by atomic mass is 10.2. The van der Waals surface area contributed by atoms with E-state index in [4.69, 9.17) is 26.2 Å². The van der Waals surface area contributed by atoms with Crippen LogP contribution in [0.2, 0.25) is 5.02 Å². The van der Waals surface area contributed by atoms with E-state index in [0.717, 1.165) is 0 Å². The second-order valence-corrected chi connectivity index (χ2v) is 3.57. The average Bonchev–Trinajstić information content (AvgIpc) is 2.30. The van der Waals surface area contributed by atoms with Gasteiger partial charge in [0.05, 0.1) is 36.7 Å². The molecule has 6 nitrogen and oxygen atoms in total. The predicted molar refractivity (Wildman–Crippen MR) is 53.5 cm³/mol. The van der Waals surface area contributed by atoms with Crippen LogP contribution in [-0.4, -0.2) is 40.9 Å². The van der Waals surface area contributed by atoms with Gasteiger partial charge in [0.25, 0.3) is 0 Å². The van der Waals surface area contributed by atoms with Crippen LogP contribution in [-0.2, 0) is 9.47 Å². The van der Waals surface area contributed by atoms with Crippen LogP contribution in [0.25, 0.3) is 0 Å². The first-order chi connectivity index (χ1) is 7.68. The SMILES string of the molecule is O=C(O)c1ncc(Cl)c(C2COCCO2)n1. The summed E-state index contributed by atoms with van der Waals surface area (Å²) in [4.78, 5) is 18.1. The number of hydrogen-bond acceptors (Lipinski definition) is 5. The first-order valence-corrected chi connectivity index (χ1v) is 5.01. The van der Waals surface area contributed by atoms with Gasteiger partial charge >= 0.3 is 5.97 Å². The van der Waals surface area contributed by atoms with Gasteiger partial charge in [-0.1, -0.05) is 11.6 Å². The molecule has 0 aromatic carbocycles. The van der Waals surface area contributed by atoms with Crippen molar-refractivity contribution in [1.29, 1.82) is 0 Å². The van der Waals surface area contributed by atoms with Crippen LogP contribution in [0.4, 0.5) is 0 Å². The first-order valence-electron chi connectivity index (χ1n) is 4.63. The zero-order valence-corrected chi connectivity index (χ0v) is 8.98. The quantitative estimate of drug-likeness (QED) is 0.833. The molecule has 0 radical (unpaired) electrons. The fraction of sp³-hybridized carbons (Fsp3) is 0.444. The zero-order chi connectivity index (χ0) is 11.5. The summed E-state index contributed by atoms with van der Waals surface area (Å²) >= 11 is 5.88. The van der Waals surface area contributed by atoms with Crippen LogP contribution in [0.1, 0.15) is 22.4 Å². The van der Waals surface area contributed by atoms with E-state index in [-0.39, 0.29) is 10.8 Å². The van der Waals surface area contributed by atoms with Crippen LogP contribution in [0, 0.1) is 0 Å². The Hall–Kier alpha value is -1.24. The minimum absolute atomic E-state index is 0.278. The standard InChI is InChI=1S/C9H9ClN2O4/c10-5-3-11-8(9(13)14)12-7(5)6-4-15-1-2-16-6/h3,6H,1-2,4H2,(H,13,14). The van der Waals surface area contributed by atoms with Crippen molar-refractivity contribution in [2.75, 3.05) is 19.8 Å². The summed E-state index contributed by atoms with van der Waals surface area (Å²) < 4.78 is 10.6. The van der Waals surface area contributed by atoms with E-state index in [9.17, 15) is 4.79 Å². The van der Waals surface area contributed by atoms with Gasteiger partial charge in [-0.05, 0) is 0 Å². The Morgan fingerprint density at radius 2 is 2.38 bits per heavy atom. The third-order valence-corrected chi connectivity index (χ3v) is 2.37. The number of halogens is 1. The number of carbonyl (C=O) groups is 1. The van der Waals surface area contributed by atoms with Gasteiger partial charge in [-0.15, -0.1) is 0 Å². The van der Waals surface area contributed by atoms with Gasteiger partial charge < -0.3 is 14.6 Å². The molecule has 1 aliphatic heterocycles. The van der Waals surface area contributed by atoms with Crippen molar-refractivity contribution in [3.63, 3.8) is 0 Å². The average molecular weight is 245 g/mol. The number of carboxylic acids is 1. The summed E-state index contributed by atoms with van der Waals surface area (Å²) in [6, 6.07) is 0. The van der Waals surface area contributed by atoms with E-state index in [1.54, 1.807) is 0 Å². The Labute approximate surface area is 96.2 Å². The minimum Gasteiger partial charge on any atom is -0.475 e. The van der Waals surface area contributed by atoms with E-state index in [2.05, 4.69) is 9.97 Å². The van der Waals surface area contributed by atoms with E-state index < -0.39 is 12.1 Å². The van der Waals surface area contributed by atoms with Crippen molar-refractivity contribution in [2.45, 2.75) is 6.10 Å². The molecule has 2 rings (SSSR count). The number of rotatable bonds is 2. The summed E-state index contributed by atoms with van der Waals surface area (Å²) in [6.07, 6.45) is 0.827. The van der Waals surface area contributed by atoms with Gasteiger partial charge in [-0.2, -0.15) is 0 Å². The largest absolute Gasteiger partial charge is 0.475 e. The topological polar surface area (TPSA) is 81.5 Å². The Balaban J connectivity index is 2.30. The molecule has 2 heterocycles. The fourth-order valence-corrected chi connectivity index (χ4v) is 1.57. The Kier molecular flexibility index (Phi) is 3.33. The summed E-state index contributed by atoms with van der Waals surface area (Å²) in [6.45, 7) is 1.27. The van der Waals surface area contributed by atoms with Gasteiger partial charge in [-0.25, -0.2) is 14.8 Å². The molecule has 1 saturated heterocycles. The second-order valence-electron chi connectivity index (χ2n) is 3.17. The van der Waals surface area contributed by atoms with Crippen LogP contribution in [0.5, 0.6) is 0 Å². The summed E-state index contributed by atoms with van der Waals surface area (Å²) in [5, 5.41) is 9.04. The van der Waals surface area contributed by atoms with Crippen LogP contribution in [0.15, 0.2) is 6.20 Å². The van der Waals surface area contributed by atoms with Crippen molar-refractivity contribution < 1.29 is 19.4 Å². The summed E-state index contributed by atoms with van der Waals surface area (Å²) in [5.74, 6) is -1.50. The third kappa shape index (κ3) is 2.29. The normalized spacial score (nSPS) is 20.7. The van der Waals surface area contributed by atoms with E-state index >= 15 is 0 Å². The van der Waals surface area contributed by atoms with Gasteiger partial charge in [0, 0.05) is 0 Å². The third-order valence-electron chi connectivity index (χ3n) is 2.08. The molecule has 1 aliphatic rings. The molecule has 1 aromatic rings. The van der Waals surface area contributed by atoms with Crippen molar-refractivity contribution in [3.05, 3.63) is 22.7 Å². The van der Waals surface area contributed by atoms with Gasteiger partial charge in [0.15, 0.2) is 0 Å². The van der Waals surface area contributed by atoms with Crippen molar-refractivity contribution in [3.8, 4) is 0 Å². The number of ether oxygens (including phenoxy) is 2. The van der Waals surface area contributed by atoms with Gasteiger partial charge in [0.2, 0.25) is 5.82 Å². The van der Waals surface area contributed by atoms with Crippen molar-refractivity contribution >= 4 is 17.6 Å². The Morgan fingerprint density at radius 1 is 1.56 bits per heavy atom. The van der Waals surface area contributed by atoms with Crippen LogP contribution in [0.3, 0.4) is 0 Å². The monoisotopic (exact) mass is 244 g/mol. The molecule has 1 atom stereocenters. The molecule has 1 N–H and O–H groups in total. The Morgan fingerprint density at radius 3 is 3.00 bits per heavy atom. The highest BCUT2D eigenvalue weighted by Crippen LogP contribution is 2.25. The van der Waals surface area contributed by atoms with Crippen molar-refractivity contribution in [2.24, 2.45) is 0 Å². The maximum Gasteiger partial charge on any atom is 0.373 e. The molecule has 1 aromatic heterocycles. The molecule has 86 valence electrons. The van der Waals surface area contributed by atoms with E-state index in [1.807, 2.05) is 0 Å². The minimum atomic E-state index is -1.20. The second kappa shape index (κ2) is 4.73. The molecule has 0 bridgehead atoms. The molecule has 7 heteroatoms. The van der Waals surface area contributed by atoms with Crippen LogP contribution >= 0.6 is 11.6 Å². The first kappa shape index (κ1) is 11.3. The molecule has 1 fully saturated rings. The molecule has 0 spiro atoms. The lowest BCUT2D eigenvalue weighted by Crippen LogP contribution is -2.24. The number of aromatic nitrogens is 2. The summed E-state index contributed by atoms with van der Waals surface area (Å²) in [7, 11) is 0. The molecular formula is C9H9ClN2O4. The molecule has 1 unspecified atom stereocenters. The molecule has 0 aliphatic carbocycles. The molecule has 16 heavy (non-hydrogen) atoms. The highest BCUT2D eigenvalue weighted by Gasteiger charge is 2.22. The van der Waals surface area contributed by atoms with Gasteiger partial charge in [0.1, 0.15) is 6.10 Å². The van der Waals surface area contributed by atoms with Gasteiger partial charge in [-0.3, -0.25) is 0 Å². The maximum atomic E-state index is 10.7. The smallest absolute Gasteiger partial charge is 0.373 e.